The lowest BCUT2D eigenvalue weighted by molar-refractivity contribution is 0.0730. The van der Waals surface area contributed by atoms with E-state index in [-0.39, 0.29) is 22.5 Å². The van der Waals surface area contributed by atoms with Crippen LogP contribution in [0.25, 0.3) is 0 Å². The van der Waals surface area contributed by atoms with Gasteiger partial charge in [0, 0.05) is 29.8 Å². The van der Waals surface area contributed by atoms with Crippen molar-refractivity contribution in [3.05, 3.63) is 52.3 Å². The van der Waals surface area contributed by atoms with E-state index in [1.165, 1.54) is 16.6 Å². The first-order valence-corrected chi connectivity index (χ1v) is 10.9. The SMILES string of the molecule is CC(Cc1ccc(Br)cc1)NC(=O)c1cc(S(=O)(=O)N2CCOCC2)c[nH]1. The number of amides is 1. The monoisotopic (exact) mass is 455 g/mol. The smallest absolute Gasteiger partial charge is 0.267 e. The molecule has 0 radical (unpaired) electrons. The molecule has 27 heavy (non-hydrogen) atoms. The normalized spacial score (nSPS) is 16.8. The highest BCUT2D eigenvalue weighted by Crippen LogP contribution is 2.18. The van der Waals surface area contributed by atoms with Crippen molar-refractivity contribution >= 4 is 31.9 Å². The first-order valence-electron chi connectivity index (χ1n) is 8.68. The van der Waals surface area contributed by atoms with E-state index in [1.807, 2.05) is 31.2 Å². The average Bonchev–Trinajstić information content (AvgIpc) is 3.15. The Kier molecular flexibility index (Phi) is 6.36. The maximum absolute atomic E-state index is 12.6. The summed E-state index contributed by atoms with van der Waals surface area (Å²) < 4.78 is 32.8. The molecule has 3 rings (SSSR count). The quantitative estimate of drug-likeness (QED) is 0.697. The average molecular weight is 456 g/mol. The van der Waals surface area contributed by atoms with Gasteiger partial charge in [-0.25, -0.2) is 8.42 Å². The molecule has 2 heterocycles. The number of benzene rings is 1. The zero-order valence-corrected chi connectivity index (χ0v) is 17.3. The Hall–Kier alpha value is -1.68. The van der Waals surface area contributed by atoms with Crippen LogP contribution in [0.1, 0.15) is 23.0 Å². The van der Waals surface area contributed by atoms with Gasteiger partial charge in [0.2, 0.25) is 10.0 Å². The van der Waals surface area contributed by atoms with Gasteiger partial charge in [-0.05, 0) is 37.1 Å². The molecule has 1 aromatic heterocycles. The van der Waals surface area contributed by atoms with E-state index in [4.69, 9.17) is 4.74 Å². The maximum atomic E-state index is 12.6. The van der Waals surface area contributed by atoms with Gasteiger partial charge in [-0.3, -0.25) is 4.79 Å². The fraction of sp³-hybridized carbons (Fsp3) is 0.389. The van der Waals surface area contributed by atoms with Crippen LogP contribution >= 0.6 is 15.9 Å². The molecule has 0 saturated carbocycles. The van der Waals surface area contributed by atoms with Gasteiger partial charge in [-0.2, -0.15) is 4.31 Å². The van der Waals surface area contributed by atoms with E-state index in [2.05, 4.69) is 26.2 Å². The molecule has 1 atom stereocenters. The highest BCUT2D eigenvalue weighted by atomic mass is 79.9. The molecule has 0 bridgehead atoms. The third-order valence-electron chi connectivity index (χ3n) is 4.34. The Bertz CT molecular complexity index is 890. The highest BCUT2D eigenvalue weighted by molar-refractivity contribution is 9.10. The van der Waals surface area contributed by atoms with E-state index in [9.17, 15) is 13.2 Å². The van der Waals surface area contributed by atoms with Crippen LogP contribution in [0.5, 0.6) is 0 Å². The number of H-pyrrole nitrogens is 1. The van der Waals surface area contributed by atoms with Gasteiger partial charge < -0.3 is 15.0 Å². The predicted molar refractivity (Wildman–Crippen MR) is 105 cm³/mol. The number of morpholine rings is 1. The second-order valence-electron chi connectivity index (χ2n) is 6.47. The number of ether oxygens (including phenoxy) is 1. The van der Waals surface area contributed by atoms with E-state index in [0.717, 1.165) is 10.0 Å². The standard InChI is InChI=1S/C18H22BrN3O4S/c1-13(10-14-2-4-15(19)5-3-14)21-18(23)17-11-16(12-20-17)27(24,25)22-6-8-26-9-7-22/h2-5,11-13,20H,6-10H2,1H3,(H,21,23). The van der Waals surface area contributed by atoms with Crippen molar-refractivity contribution in [2.45, 2.75) is 24.3 Å². The predicted octanol–water partition coefficient (Wildman–Crippen LogP) is 2.16. The summed E-state index contributed by atoms with van der Waals surface area (Å²) in [6, 6.07) is 9.19. The van der Waals surface area contributed by atoms with Crippen LogP contribution in [0.3, 0.4) is 0 Å². The molecule has 2 aromatic rings. The van der Waals surface area contributed by atoms with Gasteiger partial charge in [0.25, 0.3) is 5.91 Å². The summed E-state index contributed by atoms with van der Waals surface area (Å²) in [7, 11) is -3.62. The van der Waals surface area contributed by atoms with Gasteiger partial charge >= 0.3 is 0 Å². The van der Waals surface area contributed by atoms with Crippen molar-refractivity contribution in [1.29, 1.82) is 0 Å². The largest absolute Gasteiger partial charge is 0.379 e. The van der Waals surface area contributed by atoms with E-state index in [0.29, 0.717) is 32.7 Å². The molecule has 146 valence electrons. The molecule has 0 aliphatic carbocycles. The van der Waals surface area contributed by atoms with Crippen molar-refractivity contribution in [1.82, 2.24) is 14.6 Å². The number of sulfonamides is 1. The maximum Gasteiger partial charge on any atom is 0.267 e. The Morgan fingerprint density at radius 1 is 1.30 bits per heavy atom. The number of rotatable bonds is 6. The van der Waals surface area contributed by atoms with Crippen molar-refractivity contribution < 1.29 is 17.9 Å². The molecule has 9 heteroatoms. The minimum absolute atomic E-state index is 0.0927. The first-order chi connectivity index (χ1) is 12.9. The van der Waals surface area contributed by atoms with Crippen molar-refractivity contribution in [2.75, 3.05) is 26.3 Å². The van der Waals surface area contributed by atoms with Crippen molar-refractivity contribution in [2.24, 2.45) is 0 Å². The number of halogens is 1. The zero-order valence-electron chi connectivity index (χ0n) is 14.9. The number of aromatic amines is 1. The van der Waals surface area contributed by atoms with Crippen molar-refractivity contribution in [3.8, 4) is 0 Å². The second-order valence-corrected chi connectivity index (χ2v) is 9.32. The fourth-order valence-corrected chi connectivity index (χ4v) is 4.58. The molecular formula is C18H22BrN3O4S. The number of hydrogen-bond acceptors (Lipinski definition) is 4. The van der Waals surface area contributed by atoms with Gasteiger partial charge in [0.1, 0.15) is 10.6 Å². The summed E-state index contributed by atoms with van der Waals surface area (Å²) in [5.74, 6) is -0.331. The lowest BCUT2D eigenvalue weighted by Gasteiger charge is -2.25. The highest BCUT2D eigenvalue weighted by Gasteiger charge is 2.28. The number of hydrogen-bond donors (Lipinski definition) is 2. The van der Waals surface area contributed by atoms with Crippen LogP contribution in [0.15, 0.2) is 45.9 Å². The number of nitrogens with zero attached hydrogens (tertiary/aromatic N) is 1. The zero-order chi connectivity index (χ0) is 19.4. The van der Waals surface area contributed by atoms with E-state index in [1.54, 1.807) is 0 Å². The van der Waals surface area contributed by atoms with Crippen LogP contribution in [-0.2, 0) is 21.2 Å². The number of aromatic nitrogens is 1. The third kappa shape index (κ3) is 4.98. The van der Waals surface area contributed by atoms with Crippen molar-refractivity contribution in [3.63, 3.8) is 0 Å². The lowest BCUT2D eigenvalue weighted by atomic mass is 10.1. The lowest BCUT2D eigenvalue weighted by Crippen LogP contribution is -2.40. The van der Waals surface area contributed by atoms with Gasteiger partial charge in [-0.1, -0.05) is 28.1 Å². The molecule has 2 N–H and O–H groups in total. The summed E-state index contributed by atoms with van der Waals surface area (Å²) in [5.41, 5.74) is 1.33. The van der Waals surface area contributed by atoms with Gasteiger partial charge in [-0.15, -0.1) is 0 Å². The fourth-order valence-electron chi connectivity index (χ4n) is 2.92. The molecule has 1 saturated heterocycles. The summed E-state index contributed by atoms with van der Waals surface area (Å²) in [6.07, 6.45) is 2.04. The van der Waals surface area contributed by atoms with Gasteiger partial charge in [0.05, 0.1) is 13.2 Å². The summed E-state index contributed by atoms with van der Waals surface area (Å²) in [4.78, 5) is 15.3. The Labute approximate surface area is 167 Å². The summed E-state index contributed by atoms with van der Waals surface area (Å²) >= 11 is 3.40. The molecule has 1 aliphatic rings. The molecule has 1 amide bonds. The minimum atomic E-state index is -3.62. The Morgan fingerprint density at radius 3 is 2.63 bits per heavy atom. The molecule has 1 aliphatic heterocycles. The molecule has 1 aromatic carbocycles. The Balaban J connectivity index is 1.63. The summed E-state index contributed by atoms with van der Waals surface area (Å²) in [5, 5.41) is 2.89. The van der Waals surface area contributed by atoms with Crippen LogP contribution in [0, 0.1) is 0 Å². The molecule has 7 nitrogen and oxygen atoms in total. The second kappa shape index (κ2) is 8.55. The van der Waals surface area contributed by atoms with E-state index < -0.39 is 10.0 Å². The third-order valence-corrected chi connectivity index (χ3v) is 6.75. The molecule has 1 unspecified atom stereocenters. The molecule has 0 spiro atoms. The van der Waals surface area contributed by atoms with Crippen LogP contribution in [-0.4, -0.2) is 56.0 Å². The topological polar surface area (TPSA) is 91.5 Å². The number of carbonyl (C=O) groups excluding carboxylic acids is 1. The van der Waals surface area contributed by atoms with Crippen LogP contribution < -0.4 is 5.32 Å². The Morgan fingerprint density at radius 2 is 1.96 bits per heavy atom. The number of carbonyl (C=O) groups is 1. The van der Waals surface area contributed by atoms with Gasteiger partial charge in [0.15, 0.2) is 0 Å². The van der Waals surface area contributed by atoms with E-state index >= 15 is 0 Å². The summed E-state index contributed by atoms with van der Waals surface area (Å²) in [6.45, 7) is 3.31. The first kappa shape index (κ1) is 20.1. The molecule has 1 fully saturated rings. The van der Waals surface area contributed by atoms with Crippen LogP contribution in [0.2, 0.25) is 0 Å². The minimum Gasteiger partial charge on any atom is -0.379 e. The number of nitrogens with one attached hydrogen (secondary N) is 2. The molecular weight excluding hydrogens is 434 g/mol. The van der Waals surface area contributed by atoms with Crippen LogP contribution in [0.4, 0.5) is 0 Å².